The largest absolute Gasteiger partial charge is 0.486 e. The van der Waals surface area contributed by atoms with Crippen LogP contribution >= 0.6 is 0 Å². The number of nitriles is 1. The maximum atomic E-state index is 14.7. The van der Waals surface area contributed by atoms with Gasteiger partial charge in [0.1, 0.15) is 24.3 Å². The molecule has 0 aliphatic carbocycles. The highest BCUT2D eigenvalue weighted by Crippen LogP contribution is 2.28. The van der Waals surface area contributed by atoms with Crippen molar-refractivity contribution in [1.29, 1.82) is 5.26 Å². The van der Waals surface area contributed by atoms with Crippen molar-refractivity contribution in [2.24, 2.45) is 0 Å². The fourth-order valence-electron chi connectivity index (χ4n) is 3.80. The Hall–Kier alpha value is -4.07. The van der Waals surface area contributed by atoms with E-state index in [1.807, 2.05) is 24.7 Å². The Balaban J connectivity index is 1.48. The molecule has 3 heterocycles. The Bertz CT molecular complexity index is 1240. The number of carbonyl (C=O) groups excluding carboxylic acids is 1. The summed E-state index contributed by atoms with van der Waals surface area (Å²) in [5, 5.41) is 17.1. The zero-order chi connectivity index (χ0) is 24.9. The van der Waals surface area contributed by atoms with Crippen LogP contribution in [0.4, 0.5) is 16.0 Å². The van der Waals surface area contributed by atoms with Crippen molar-refractivity contribution in [3.8, 4) is 23.2 Å². The molecule has 1 fully saturated rings. The van der Waals surface area contributed by atoms with Crippen LogP contribution in [-0.4, -0.2) is 60.9 Å². The number of nitrogens with zero attached hydrogens (tertiary/aromatic N) is 7. The summed E-state index contributed by atoms with van der Waals surface area (Å²) in [4.78, 5) is 26.2. The second kappa shape index (κ2) is 10.5. The molecule has 2 atom stereocenters. The van der Waals surface area contributed by atoms with Crippen LogP contribution in [0.5, 0.6) is 5.75 Å². The summed E-state index contributed by atoms with van der Waals surface area (Å²) in [5.41, 5.74) is 1.58. The van der Waals surface area contributed by atoms with Gasteiger partial charge in [-0.1, -0.05) is 6.92 Å². The normalized spacial score (nSPS) is 17.8. The molecule has 3 aromatic rings. The molecule has 10 nitrogen and oxygen atoms in total. The number of nitrogens with one attached hydrogen (secondary N) is 1. The number of piperidine rings is 1. The highest BCUT2D eigenvalue weighted by molar-refractivity contribution is 5.76. The van der Waals surface area contributed by atoms with Gasteiger partial charge < -0.3 is 15.0 Å². The molecular formula is C24H27FN8O2. The lowest BCUT2D eigenvalue weighted by Crippen LogP contribution is -2.49. The molecule has 4 rings (SSSR count). The molecule has 0 radical (unpaired) electrons. The number of hydrogen-bond acceptors (Lipinski definition) is 8. The SMILES string of the molecule is CCC(=O)N1CC[C@H](Oc2ccc(-c3ncnc(Nc4cnn(C(C)C)c4)n3)cc2C#N)[C@H](F)C1. The number of rotatable bonds is 7. The first kappa shape index (κ1) is 24.1. The topological polar surface area (TPSA) is 122 Å². The quantitative estimate of drug-likeness (QED) is 0.546. The minimum absolute atomic E-state index is 0.00594. The monoisotopic (exact) mass is 478 g/mol. The van der Waals surface area contributed by atoms with E-state index in [9.17, 15) is 14.4 Å². The summed E-state index contributed by atoms with van der Waals surface area (Å²) in [5.74, 6) is 0.920. The molecule has 182 valence electrons. The average molecular weight is 479 g/mol. The van der Waals surface area contributed by atoms with E-state index in [0.717, 1.165) is 5.69 Å². The molecule has 1 saturated heterocycles. The minimum atomic E-state index is -1.33. The first-order valence-electron chi connectivity index (χ1n) is 11.5. The predicted molar refractivity (Wildman–Crippen MR) is 127 cm³/mol. The van der Waals surface area contributed by atoms with Crippen molar-refractivity contribution in [1.82, 2.24) is 29.6 Å². The lowest BCUT2D eigenvalue weighted by molar-refractivity contribution is -0.134. The summed E-state index contributed by atoms with van der Waals surface area (Å²) in [7, 11) is 0. The molecular weight excluding hydrogens is 451 g/mol. The number of ether oxygens (including phenoxy) is 1. The van der Waals surface area contributed by atoms with E-state index in [0.29, 0.717) is 36.7 Å². The summed E-state index contributed by atoms with van der Waals surface area (Å²) < 4.78 is 22.4. The number of anilines is 2. The third-order valence-electron chi connectivity index (χ3n) is 5.73. The molecule has 1 N–H and O–H groups in total. The summed E-state index contributed by atoms with van der Waals surface area (Å²) in [6.07, 6.45) is 3.56. The molecule has 0 unspecified atom stereocenters. The molecule has 1 amide bonds. The number of likely N-dealkylation sites (tertiary alicyclic amines) is 1. The fourth-order valence-corrected chi connectivity index (χ4v) is 3.80. The smallest absolute Gasteiger partial charge is 0.230 e. The maximum absolute atomic E-state index is 14.7. The van der Waals surface area contributed by atoms with Gasteiger partial charge in [-0.3, -0.25) is 9.48 Å². The maximum Gasteiger partial charge on any atom is 0.230 e. The standard InChI is InChI=1S/C24H27FN8O2/c1-4-22(34)32-8-7-21(19(25)13-32)35-20-6-5-16(9-17(20)10-26)23-27-14-28-24(31-23)30-18-11-29-33(12-18)15(2)3/h5-6,9,11-12,14-15,19,21H,4,7-8,13H2,1-3H3,(H,27,28,30,31)/t19-,21+/m1/s1. The van der Waals surface area contributed by atoms with Crippen molar-refractivity contribution >= 4 is 17.5 Å². The summed E-state index contributed by atoms with van der Waals surface area (Å²) in [6.45, 7) is 6.23. The molecule has 35 heavy (non-hydrogen) atoms. The van der Waals surface area contributed by atoms with Crippen molar-refractivity contribution in [2.45, 2.75) is 51.9 Å². The van der Waals surface area contributed by atoms with E-state index in [1.54, 1.807) is 31.3 Å². The van der Waals surface area contributed by atoms with Gasteiger partial charge in [-0.25, -0.2) is 14.4 Å². The van der Waals surface area contributed by atoms with Crippen molar-refractivity contribution in [3.63, 3.8) is 0 Å². The first-order valence-corrected chi connectivity index (χ1v) is 11.5. The zero-order valence-corrected chi connectivity index (χ0v) is 19.8. The first-order chi connectivity index (χ1) is 16.9. The van der Waals surface area contributed by atoms with Crippen LogP contribution in [-0.2, 0) is 4.79 Å². The molecule has 0 spiro atoms. The number of aromatic nitrogens is 5. The van der Waals surface area contributed by atoms with Gasteiger partial charge >= 0.3 is 0 Å². The van der Waals surface area contributed by atoms with Crippen molar-refractivity contribution < 1.29 is 13.9 Å². The third kappa shape index (κ3) is 5.54. The molecule has 1 aliphatic rings. The molecule has 2 aromatic heterocycles. The van der Waals surface area contributed by atoms with Crippen LogP contribution in [0.2, 0.25) is 0 Å². The zero-order valence-electron chi connectivity index (χ0n) is 19.8. The van der Waals surface area contributed by atoms with Gasteiger partial charge in [0.05, 0.1) is 24.0 Å². The summed E-state index contributed by atoms with van der Waals surface area (Å²) in [6, 6.07) is 7.27. The van der Waals surface area contributed by atoms with E-state index in [1.165, 1.54) is 11.2 Å². The van der Waals surface area contributed by atoms with Crippen molar-refractivity contribution in [3.05, 3.63) is 42.5 Å². The van der Waals surface area contributed by atoms with Gasteiger partial charge in [-0.2, -0.15) is 15.3 Å². The average Bonchev–Trinajstić information content (AvgIpc) is 3.34. The van der Waals surface area contributed by atoms with Crippen molar-refractivity contribution in [2.75, 3.05) is 18.4 Å². The Morgan fingerprint density at radius 2 is 2.20 bits per heavy atom. The highest BCUT2D eigenvalue weighted by Gasteiger charge is 2.33. The number of benzene rings is 1. The fraction of sp³-hybridized carbons (Fsp3) is 0.417. The molecule has 11 heteroatoms. The van der Waals surface area contributed by atoms with Gasteiger partial charge in [0.2, 0.25) is 11.9 Å². The highest BCUT2D eigenvalue weighted by atomic mass is 19.1. The lowest BCUT2D eigenvalue weighted by atomic mass is 10.0. The van der Waals surface area contributed by atoms with E-state index in [2.05, 4.69) is 31.4 Å². The Morgan fingerprint density at radius 1 is 1.37 bits per heavy atom. The Labute approximate surface area is 202 Å². The number of amides is 1. The van der Waals surface area contributed by atoms with Gasteiger partial charge in [0.25, 0.3) is 0 Å². The van der Waals surface area contributed by atoms with Crippen LogP contribution in [0.15, 0.2) is 36.9 Å². The third-order valence-corrected chi connectivity index (χ3v) is 5.73. The molecule has 1 aromatic carbocycles. The van der Waals surface area contributed by atoms with Crippen LogP contribution < -0.4 is 10.1 Å². The second-order valence-electron chi connectivity index (χ2n) is 8.54. The number of carbonyl (C=O) groups is 1. The minimum Gasteiger partial charge on any atom is -0.486 e. The number of alkyl halides is 1. The van der Waals surface area contributed by atoms with Gasteiger partial charge in [0, 0.05) is 37.2 Å². The van der Waals surface area contributed by atoms with E-state index < -0.39 is 12.3 Å². The predicted octanol–water partition coefficient (Wildman–Crippen LogP) is 3.66. The molecule has 0 bridgehead atoms. The number of hydrogen-bond donors (Lipinski definition) is 1. The molecule has 1 aliphatic heterocycles. The van der Waals surface area contributed by atoms with Crippen LogP contribution in [0.25, 0.3) is 11.4 Å². The van der Waals surface area contributed by atoms with E-state index in [4.69, 9.17) is 4.74 Å². The lowest BCUT2D eigenvalue weighted by Gasteiger charge is -2.34. The van der Waals surface area contributed by atoms with Crippen LogP contribution in [0.1, 0.15) is 45.2 Å². The number of halogens is 1. The van der Waals surface area contributed by atoms with Gasteiger partial charge in [-0.05, 0) is 32.0 Å². The Morgan fingerprint density at radius 3 is 2.89 bits per heavy atom. The van der Waals surface area contributed by atoms with Crippen LogP contribution in [0.3, 0.4) is 0 Å². The second-order valence-corrected chi connectivity index (χ2v) is 8.54. The molecule has 0 saturated carbocycles. The van der Waals surface area contributed by atoms with Gasteiger partial charge in [0.15, 0.2) is 12.0 Å². The summed E-state index contributed by atoms with van der Waals surface area (Å²) >= 11 is 0. The van der Waals surface area contributed by atoms with Gasteiger partial charge in [-0.15, -0.1) is 0 Å². The van der Waals surface area contributed by atoms with E-state index in [-0.39, 0.29) is 29.8 Å². The van der Waals surface area contributed by atoms with E-state index >= 15 is 0 Å². The van der Waals surface area contributed by atoms with Crippen LogP contribution in [0, 0.1) is 11.3 Å². The Kier molecular flexibility index (Phi) is 7.19.